The minimum Gasteiger partial charge on any atom is -0.388 e. The Balaban J connectivity index is 4.00. The van der Waals surface area contributed by atoms with E-state index in [1.807, 2.05) is 6.08 Å². The lowest BCUT2D eigenvalue weighted by Crippen LogP contribution is -2.05. The second kappa shape index (κ2) is 8.05. The fourth-order valence-electron chi connectivity index (χ4n) is 1.21. The maximum atomic E-state index is 11.0. The fraction of sp³-hybridized carbons (Fsp3) is 0.500. The summed E-state index contributed by atoms with van der Waals surface area (Å²) in [5.41, 5.74) is 3.06. The van der Waals surface area contributed by atoms with E-state index < -0.39 is 6.61 Å². The fourth-order valence-corrected chi connectivity index (χ4v) is 1.21. The molecular formula is C14H22O2. The van der Waals surface area contributed by atoms with Crippen molar-refractivity contribution < 1.29 is 9.90 Å². The molecule has 0 heterocycles. The molecule has 2 heteroatoms. The molecule has 0 radical (unpaired) electrons. The van der Waals surface area contributed by atoms with Crippen molar-refractivity contribution in [1.29, 1.82) is 0 Å². The summed E-state index contributed by atoms with van der Waals surface area (Å²) >= 11 is 0. The van der Waals surface area contributed by atoms with E-state index in [-0.39, 0.29) is 5.78 Å². The number of carbonyl (C=O) groups excluding carboxylic acids is 1. The summed E-state index contributed by atoms with van der Waals surface area (Å²) in [6, 6.07) is 0. The summed E-state index contributed by atoms with van der Waals surface area (Å²) in [7, 11) is 0. The maximum Gasteiger partial charge on any atom is 0.183 e. The van der Waals surface area contributed by atoms with Crippen LogP contribution in [0.15, 0.2) is 35.5 Å². The van der Waals surface area contributed by atoms with Gasteiger partial charge >= 0.3 is 0 Å². The Kier molecular flexibility index (Phi) is 7.48. The van der Waals surface area contributed by atoms with Crippen LogP contribution in [0.4, 0.5) is 0 Å². The van der Waals surface area contributed by atoms with Gasteiger partial charge in [-0.05, 0) is 45.6 Å². The predicted octanol–water partition coefficient (Wildman–Crippen LogP) is 3.19. The van der Waals surface area contributed by atoms with Crippen molar-refractivity contribution in [1.82, 2.24) is 0 Å². The van der Waals surface area contributed by atoms with Crippen LogP contribution in [-0.2, 0) is 4.79 Å². The van der Waals surface area contributed by atoms with Crippen LogP contribution in [0.5, 0.6) is 0 Å². The van der Waals surface area contributed by atoms with Crippen molar-refractivity contribution in [3.05, 3.63) is 35.5 Å². The molecule has 0 fully saturated rings. The molecule has 0 bridgehead atoms. The molecule has 0 aromatic carbocycles. The molecule has 0 aromatic heterocycles. The summed E-state index contributed by atoms with van der Waals surface area (Å²) in [5.74, 6) is -0.270. The highest BCUT2D eigenvalue weighted by Gasteiger charge is 2.02. The number of aliphatic hydroxyl groups is 1. The SMILES string of the molecule is C=C(CC=C(C)CCC=C(C)C)C(=O)CO. The number of hydrogen-bond donors (Lipinski definition) is 1. The van der Waals surface area contributed by atoms with Crippen LogP contribution < -0.4 is 0 Å². The van der Waals surface area contributed by atoms with Crippen molar-refractivity contribution in [3.8, 4) is 0 Å². The molecule has 0 unspecified atom stereocenters. The zero-order valence-corrected chi connectivity index (χ0v) is 10.5. The zero-order valence-electron chi connectivity index (χ0n) is 10.5. The molecule has 0 saturated carbocycles. The first-order chi connectivity index (χ1) is 7.47. The lowest BCUT2D eigenvalue weighted by atomic mass is 10.1. The Labute approximate surface area is 98.4 Å². The van der Waals surface area contributed by atoms with Gasteiger partial charge in [0.1, 0.15) is 6.61 Å². The van der Waals surface area contributed by atoms with Gasteiger partial charge in [-0.2, -0.15) is 0 Å². The molecule has 0 saturated heterocycles. The van der Waals surface area contributed by atoms with E-state index in [0.29, 0.717) is 12.0 Å². The largest absolute Gasteiger partial charge is 0.388 e. The van der Waals surface area contributed by atoms with Crippen LogP contribution >= 0.6 is 0 Å². The zero-order chi connectivity index (χ0) is 12.6. The number of aliphatic hydroxyl groups excluding tert-OH is 1. The molecule has 90 valence electrons. The number of Topliss-reactive ketones (excluding diaryl/α,β-unsaturated/α-hetero) is 1. The molecule has 0 spiro atoms. The number of allylic oxidation sites excluding steroid dienone is 4. The number of rotatable bonds is 7. The number of carbonyl (C=O) groups is 1. The lowest BCUT2D eigenvalue weighted by Gasteiger charge is -2.01. The van der Waals surface area contributed by atoms with Crippen molar-refractivity contribution in [3.63, 3.8) is 0 Å². The van der Waals surface area contributed by atoms with Gasteiger partial charge in [0.2, 0.25) is 0 Å². The molecule has 0 aliphatic rings. The highest BCUT2D eigenvalue weighted by Crippen LogP contribution is 2.10. The van der Waals surface area contributed by atoms with Crippen LogP contribution in [0, 0.1) is 0 Å². The van der Waals surface area contributed by atoms with E-state index in [2.05, 4.69) is 33.4 Å². The van der Waals surface area contributed by atoms with Crippen LogP contribution in [0.25, 0.3) is 0 Å². The Bertz CT molecular complexity index is 305. The van der Waals surface area contributed by atoms with Gasteiger partial charge in [0, 0.05) is 0 Å². The van der Waals surface area contributed by atoms with Crippen LogP contribution in [0.3, 0.4) is 0 Å². The summed E-state index contributed by atoms with van der Waals surface area (Å²) in [5, 5.41) is 8.63. The third-order valence-electron chi connectivity index (χ3n) is 2.33. The van der Waals surface area contributed by atoms with Gasteiger partial charge in [0.15, 0.2) is 5.78 Å². The van der Waals surface area contributed by atoms with Gasteiger partial charge in [0.05, 0.1) is 0 Å². The monoisotopic (exact) mass is 222 g/mol. The van der Waals surface area contributed by atoms with Crippen molar-refractivity contribution in [2.45, 2.75) is 40.0 Å². The number of ketones is 1. The van der Waals surface area contributed by atoms with Gasteiger partial charge in [0.25, 0.3) is 0 Å². The first kappa shape index (κ1) is 14.8. The summed E-state index contributed by atoms with van der Waals surface area (Å²) in [4.78, 5) is 11.0. The summed E-state index contributed by atoms with van der Waals surface area (Å²) in [6.07, 6.45) is 6.79. The molecule has 0 rings (SSSR count). The minimum atomic E-state index is -0.441. The third kappa shape index (κ3) is 7.18. The van der Waals surface area contributed by atoms with Gasteiger partial charge in [-0.3, -0.25) is 4.79 Å². The summed E-state index contributed by atoms with van der Waals surface area (Å²) < 4.78 is 0. The van der Waals surface area contributed by atoms with Gasteiger partial charge < -0.3 is 5.11 Å². The van der Waals surface area contributed by atoms with E-state index in [1.54, 1.807) is 0 Å². The Morgan fingerprint density at radius 2 is 1.88 bits per heavy atom. The average molecular weight is 222 g/mol. The van der Waals surface area contributed by atoms with Gasteiger partial charge in [-0.15, -0.1) is 0 Å². The quantitative estimate of drug-likeness (QED) is 0.530. The highest BCUT2D eigenvalue weighted by molar-refractivity contribution is 5.95. The van der Waals surface area contributed by atoms with Gasteiger partial charge in [-0.1, -0.05) is 29.9 Å². The van der Waals surface area contributed by atoms with E-state index >= 15 is 0 Å². The smallest absolute Gasteiger partial charge is 0.183 e. The molecule has 0 amide bonds. The van der Waals surface area contributed by atoms with Crippen LogP contribution in [0.2, 0.25) is 0 Å². The Hall–Kier alpha value is -1.15. The summed E-state index contributed by atoms with van der Waals surface area (Å²) in [6.45, 7) is 9.42. The molecule has 2 nitrogen and oxygen atoms in total. The van der Waals surface area contributed by atoms with E-state index in [9.17, 15) is 4.79 Å². The first-order valence-corrected chi connectivity index (χ1v) is 5.58. The molecular weight excluding hydrogens is 200 g/mol. The maximum absolute atomic E-state index is 11.0. The van der Waals surface area contributed by atoms with E-state index in [0.717, 1.165) is 12.8 Å². The molecule has 0 atom stereocenters. The molecule has 0 aromatic rings. The Morgan fingerprint density at radius 1 is 1.25 bits per heavy atom. The molecule has 0 aliphatic heterocycles. The topological polar surface area (TPSA) is 37.3 Å². The Morgan fingerprint density at radius 3 is 2.38 bits per heavy atom. The first-order valence-electron chi connectivity index (χ1n) is 5.58. The average Bonchev–Trinajstić information content (AvgIpc) is 2.24. The van der Waals surface area contributed by atoms with E-state index in [1.165, 1.54) is 11.1 Å². The minimum absolute atomic E-state index is 0.270. The lowest BCUT2D eigenvalue weighted by molar-refractivity contribution is -0.118. The van der Waals surface area contributed by atoms with Crippen LogP contribution in [0.1, 0.15) is 40.0 Å². The third-order valence-corrected chi connectivity index (χ3v) is 2.33. The standard InChI is InChI=1S/C14H22O2/c1-11(2)6-5-7-12(3)8-9-13(4)14(16)10-15/h6,8,15H,4-5,7,9-10H2,1-3H3. The van der Waals surface area contributed by atoms with E-state index in [4.69, 9.17) is 5.11 Å². The van der Waals surface area contributed by atoms with Crippen molar-refractivity contribution in [2.75, 3.05) is 6.61 Å². The van der Waals surface area contributed by atoms with Crippen LogP contribution in [-0.4, -0.2) is 17.5 Å². The van der Waals surface area contributed by atoms with Crippen molar-refractivity contribution in [2.24, 2.45) is 0 Å². The molecule has 1 N–H and O–H groups in total. The van der Waals surface area contributed by atoms with Crippen molar-refractivity contribution >= 4 is 5.78 Å². The second-order valence-electron chi connectivity index (χ2n) is 4.26. The highest BCUT2D eigenvalue weighted by atomic mass is 16.3. The number of hydrogen-bond acceptors (Lipinski definition) is 2. The van der Waals surface area contributed by atoms with Gasteiger partial charge in [-0.25, -0.2) is 0 Å². The molecule has 16 heavy (non-hydrogen) atoms. The predicted molar refractivity (Wildman–Crippen MR) is 68.3 cm³/mol. The second-order valence-corrected chi connectivity index (χ2v) is 4.26. The molecule has 0 aliphatic carbocycles. The normalized spacial score (nSPS) is 11.1.